The fourth-order valence-electron chi connectivity index (χ4n) is 5.03. The monoisotopic (exact) mass is 511 g/mol. The molecule has 3 saturated heterocycles. The van der Waals surface area contributed by atoms with Gasteiger partial charge in [0, 0.05) is 35.6 Å². The van der Waals surface area contributed by atoms with Crippen LogP contribution in [-0.2, 0) is 19.9 Å². The highest BCUT2D eigenvalue weighted by Crippen LogP contribution is 2.48. The van der Waals surface area contributed by atoms with Crippen LogP contribution in [0.2, 0.25) is 0 Å². The summed E-state index contributed by atoms with van der Waals surface area (Å²) in [5.41, 5.74) is -1.55. The zero-order valence-corrected chi connectivity index (χ0v) is 19.4. The van der Waals surface area contributed by atoms with Crippen LogP contribution < -0.4 is 22.3 Å². The number of aromatic nitrogens is 1. The smallest absolute Gasteiger partial charge is 0.344 e. The molecule has 2 aromatic heterocycles. The summed E-state index contributed by atoms with van der Waals surface area (Å²) in [5.74, 6) is -0.0298. The van der Waals surface area contributed by atoms with Gasteiger partial charge in [-0.3, -0.25) is 4.79 Å². The Morgan fingerprint density at radius 2 is 2.06 bits per heavy atom. The van der Waals surface area contributed by atoms with Crippen LogP contribution in [0.15, 0.2) is 34.4 Å². The quantitative estimate of drug-likeness (QED) is 0.370. The minimum atomic E-state index is -1.55. The van der Waals surface area contributed by atoms with Crippen LogP contribution in [0.4, 0.5) is 5.82 Å². The van der Waals surface area contributed by atoms with Gasteiger partial charge in [0.15, 0.2) is 24.1 Å². The number of piperidine rings is 3. The van der Waals surface area contributed by atoms with Gasteiger partial charge >= 0.3 is 5.97 Å². The number of carbonyl (C=O) groups excluding carboxylic acids is 2. The molecule has 8 nitrogen and oxygen atoms in total. The maximum absolute atomic E-state index is 13.2. The zero-order chi connectivity index (χ0) is 20.8. The van der Waals surface area contributed by atoms with Gasteiger partial charge < -0.3 is 41.1 Å². The van der Waals surface area contributed by atoms with Gasteiger partial charge in [0.1, 0.15) is 12.8 Å². The first kappa shape index (κ1) is 22.4. The van der Waals surface area contributed by atoms with Crippen LogP contribution in [-0.4, -0.2) is 58.9 Å². The summed E-state index contributed by atoms with van der Waals surface area (Å²) < 4.78 is 11.3. The summed E-state index contributed by atoms with van der Waals surface area (Å²) in [5, 5.41) is 19.6. The van der Waals surface area contributed by atoms with Crippen LogP contribution in [0.1, 0.15) is 30.6 Å². The number of esters is 1. The van der Waals surface area contributed by atoms with E-state index in [1.165, 1.54) is 17.6 Å². The van der Waals surface area contributed by atoms with E-state index in [9.17, 15) is 14.7 Å². The van der Waals surface area contributed by atoms with E-state index in [2.05, 4.69) is 10.5 Å². The van der Waals surface area contributed by atoms with E-state index >= 15 is 0 Å². The normalized spacial score (nSPS) is 28.9. The average molecular weight is 512 g/mol. The molecule has 10 heteroatoms. The number of ether oxygens (including phenoxy) is 1. The number of amides is 1. The number of hydrogen-bond donors (Lipinski definition) is 2. The minimum absolute atomic E-state index is 0. The maximum Gasteiger partial charge on any atom is 0.344 e. The lowest BCUT2D eigenvalue weighted by molar-refractivity contribution is -0.939. The van der Waals surface area contributed by atoms with Crippen LogP contribution in [0.5, 0.6) is 0 Å². The van der Waals surface area contributed by atoms with Crippen LogP contribution in [0.3, 0.4) is 0 Å². The van der Waals surface area contributed by atoms with E-state index in [0.29, 0.717) is 34.2 Å². The first-order valence-corrected chi connectivity index (χ1v) is 11.4. The molecule has 5 heterocycles. The van der Waals surface area contributed by atoms with Crippen LogP contribution in [0, 0.1) is 11.8 Å². The van der Waals surface area contributed by atoms with Crippen molar-refractivity contribution in [2.24, 2.45) is 11.8 Å². The second-order valence-corrected chi connectivity index (χ2v) is 9.81. The van der Waals surface area contributed by atoms with E-state index in [1.807, 2.05) is 17.5 Å². The lowest BCUT2D eigenvalue weighted by Crippen LogP contribution is -3.00. The first-order valence-electron chi connectivity index (χ1n) is 10.5. The van der Waals surface area contributed by atoms with E-state index in [4.69, 9.17) is 9.26 Å². The molecule has 31 heavy (non-hydrogen) atoms. The molecule has 2 atom stereocenters. The molecule has 4 aliphatic rings. The Hall–Kier alpha value is -1.75. The topological polar surface area (TPSA) is 102 Å². The predicted octanol–water partition coefficient (Wildman–Crippen LogP) is -0.871. The van der Waals surface area contributed by atoms with Gasteiger partial charge in [0.2, 0.25) is 0 Å². The fraction of sp³-hybridized carbons (Fsp3) is 0.571. The largest absolute Gasteiger partial charge is 1.00 e. The first-order chi connectivity index (χ1) is 14.5. The summed E-state index contributed by atoms with van der Waals surface area (Å²) in [6.45, 7) is 2.70. The van der Waals surface area contributed by atoms with Crippen molar-refractivity contribution in [2.75, 3.05) is 31.5 Å². The molecule has 0 spiro atoms. The Morgan fingerprint density at radius 1 is 1.29 bits per heavy atom. The third-order valence-electron chi connectivity index (χ3n) is 6.86. The van der Waals surface area contributed by atoms with Gasteiger partial charge in [0.25, 0.3) is 5.91 Å². The fourth-order valence-corrected chi connectivity index (χ4v) is 5.92. The molecule has 6 rings (SSSR count). The predicted molar refractivity (Wildman–Crippen MR) is 108 cm³/mol. The standard InChI is InChI=1S/C21H25N3O5S.BrH/c25-19(22-18-7-10-28-23-18)13-24-8-5-14(6-9-24)16(12-24)29-20(26)21(27,15-3-4-15)17-2-1-11-30-17;/h1-2,7,10-11,14-16,27H,3-6,8-9,12-13H2;1H/t14?,16-,21?,24?;/m0./s1. The van der Waals surface area contributed by atoms with Gasteiger partial charge in [-0.25, -0.2) is 4.79 Å². The van der Waals surface area contributed by atoms with Gasteiger partial charge in [-0.05, 0) is 24.3 Å². The molecule has 168 valence electrons. The van der Waals surface area contributed by atoms with E-state index in [-0.39, 0.29) is 34.9 Å². The van der Waals surface area contributed by atoms with Crippen molar-refractivity contribution in [3.63, 3.8) is 0 Å². The molecule has 1 unspecified atom stereocenters. The van der Waals surface area contributed by atoms with Gasteiger partial charge in [-0.15, -0.1) is 11.3 Å². The van der Waals surface area contributed by atoms with E-state index in [1.54, 1.807) is 6.07 Å². The molecule has 2 N–H and O–H groups in total. The molecule has 0 aromatic carbocycles. The van der Waals surface area contributed by atoms with Gasteiger partial charge in [0.05, 0.1) is 13.1 Å². The molecule has 2 bridgehead atoms. The average Bonchev–Trinajstić information content (AvgIpc) is 3.21. The number of aliphatic hydroxyl groups is 1. The maximum atomic E-state index is 13.2. The van der Waals surface area contributed by atoms with Crippen molar-refractivity contribution in [1.29, 1.82) is 0 Å². The molecule has 1 aliphatic carbocycles. The van der Waals surface area contributed by atoms with Crippen molar-refractivity contribution >= 4 is 29.0 Å². The number of carbonyl (C=O) groups is 2. The highest BCUT2D eigenvalue weighted by molar-refractivity contribution is 7.10. The van der Waals surface area contributed by atoms with E-state index < -0.39 is 11.6 Å². The lowest BCUT2D eigenvalue weighted by Gasteiger charge is -2.51. The number of halogens is 1. The SMILES string of the molecule is O=C(C[N+]12CCC(CC1)[C@@H](OC(=O)C(O)(c1cccs1)C1CC1)C2)Nc1ccon1.[Br-]. The second kappa shape index (κ2) is 8.65. The zero-order valence-electron chi connectivity index (χ0n) is 17.0. The molecule has 2 aromatic rings. The second-order valence-electron chi connectivity index (χ2n) is 8.86. The Balaban J connectivity index is 0.00000231. The van der Waals surface area contributed by atoms with Crippen molar-refractivity contribution in [2.45, 2.75) is 37.4 Å². The van der Waals surface area contributed by atoms with Crippen molar-refractivity contribution in [3.05, 3.63) is 34.7 Å². The number of thiophene rings is 1. The third kappa shape index (κ3) is 4.30. The molecule has 0 radical (unpaired) electrons. The minimum Gasteiger partial charge on any atom is -1.00 e. The van der Waals surface area contributed by atoms with Crippen LogP contribution >= 0.6 is 11.3 Å². The number of quaternary nitrogens is 1. The highest BCUT2D eigenvalue weighted by Gasteiger charge is 2.55. The number of rotatable bonds is 7. The Bertz CT molecular complexity index is 910. The summed E-state index contributed by atoms with van der Waals surface area (Å²) in [6.07, 6.45) is 4.63. The van der Waals surface area contributed by atoms with Crippen molar-refractivity contribution in [3.8, 4) is 0 Å². The van der Waals surface area contributed by atoms with Crippen molar-refractivity contribution < 1.29 is 45.4 Å². The van der Waals surface area contributed by atoms with Crippen LogP contribution in [0.25, 0.3) is 0 Å². The molecular formula is C21H26BrN3O5S. The number of hydrogen-bond acceptors (Lipinski definition) is 7. The Kier molecular flexibility index (Phi) is 6.26. The molecule has 1 amide bonds. The third-order valence-corrected chi connectivity index (χ3v) is 7.85. The highest BCUT2D eigenvalue weighted by atomic mass is 79.9. The molecular weight excluding hydrogens is 486 g/mol. The Morgan fingerprint density at radius 3 is 2.68 bits per heavy atom. The molecule has 1 saturated carbocycles. The van der Waals surface area contributed by atoms with E-state index in [0.717, 1.165) is 38.8 Å². The summed E-state index contributed by atoms with van der Waals surface area (Å²) in [7, 11) is 0. The Labute approximate surface area is 194 Å². The van der Waals surface area contributed by atoms with Crippen molar-refractivity contribution in [1.82, 2.24) is 5.16 Å². The number of fused-ring (bicyclic) bond motifs is 3. The number of anilines is 1. The summed E-state index contributed by atoms with van der Waals surface area (Å²) in [6, 6.07) is 5.26. The lowest BCUT2D eigenvalue weighted by atomic mass is 9.83. The van der Waals surface area contributed by atoms with Gasteiger partial charge in [-0.1, -0.05) is 11.2 Å². The van der Waals surface area contributed by atoms with Gasteiger partial charge in [-0.2, -0.15) is 0 Å². The number of nitrogens with zero attached hydrogens (tertiary/aromatic N) is 2. The number of nitrogens with one attached hydrogen (secondary N) is 1. The molecule has 3 aliphatic heterocycles. The summed E-state index contributed by atoms with van der Waals surface area (Å²) in [4.78, 5) is 26.4. The summed E-state index contributed by atoms with van der Waals surface area (Å²) >= 11 is 1.39. The molecule has 4 fully saturated rings.